The lowest BCUT2D eigenvalue weighted by molar-refractivity contribution is -0.140. The number of nitrogens with zero attached hydrogens (tertiary/aromatic N) is 5. The van der Waals surface area contributed by atoms with Crippen molar-refractivity contribution in [3.63, 3.8) is 0 Å². The lowest BCUT2D eigenvalue weighted by Crippen LogP contribution is -2.55. The second-order valence-electron chi connectivity index (χ2n) is 9.38. The monoisotopic (exact) mass is 651 g/mol. The van der Waals surface area contributed by atoms with Gasteiger partial charge in [-0.25, -0.2) is 0 Å². The number of carbonyl (C=O) groups is 3. The molecule has 14 heteroatoms. The van der Waals surface area contributed by atoms with Crippen LogP contribution in [0.2, 0.25) is 0 Å². The minimum Gasteiger partial charge on any atom is -0.426 e. The van der Waals surface area contributed by atoms with Crippen molar-refractivity contribution in [3.8, 4) is 5.75 Å². The second kappa shape index (κ2) is 13.8. The highest BCUT2D eigenvalue weighted by Crippen LogP contribution is 2.37. The quantitative estimate of drug-likeness (QED) is 0.0959. The Kier molecular flexibility index (Phi) is 10.4. The number of carbonyl (C=O) groups excluding carboxylic acids is 3. The van der Waals surface area contributed by atoms with E-state index in [1.165, 1.54) is 15.9 Å². The summed E-state index contributed by atoms with van der Waals surface area (Å²) < 4.78 is 9.08. The lowest BCUT2D eigenvalue weighted by atomic mass is 9.97. The van der Waals surface area contributed by atoms with Crippen LogP contribution in [0.15, 0.2) is 52.6 Å². The van der Waals surface area contributed by atoms with Crippen molar-refractivity contribution >= 4 is 82.1 Å². The number of rotatable bonds is 8. The molecular weight excluding hydrogens is 625 g/mol. The smallest absolute Gasteiger partial charge is 0.314 e. The van der Waals surface area contributed by atoms with E-state index in [2.05, 4.69) is 10.2 Å². The van der Waals surface area contributed by atoms with Gasteiger partial charge in [0.25, 0.3) is 21.5 Å². The molecule has 0 unspecified atom stereocenters. The van der Waals surface area contributed by atoms with Crippen LogP contribution < -0.4 is 4.74 Å². The molecule has 0 N–H and O–H groups in total. The number of halogens is 3. The molecule has 1 aromatic heterocycles. The molecule has 0 bridgehead atoms. The molecule has 42 heavy (non-hydrogen) atoms. The summed E-state index contributed by atoms with van der Waals surface area (Å²) in [4.78, 5) is 43.1. The van der Waals surface area contributed by atoms with Crippen molar-refractivity contribution in [2.45, 2.75) is 30.5 Å². The van der Waals surface area contributed by atoms with Crippen LogP contribution in [0.1, 0.15) is 44.0 Å². The van der Waals surface area contributed by atoms with Crippen LogP contribution in [0.4, 0.5) is 0 Å². The number of allylic oxidation sites excluding steroid dienone is 2. The first-order valence-corrected chi connectivity index (χ1v) is 14.8. The molecule has 10 nitrogen and oxygen atoms in total. The fourth-order valence-electron chi connectivity index (χ4n) is 4.38. The highest BCUT2D eigenvalue weighted by molar-refractivity contribution is 7.80. The van der Waals surface area contributed by atoms with E-state index in [0.717, 1.165) is 5.56 Å². The van der Waals surface area contributed by atoms with Crippen molar-refractivity contribution in [2.75, 3.05) is 26.2 Å². The molecule has 0 saturated carbocycles. The van der Waals surface area contributed by atoms with E-state index in [9.17, 15) is 14.4 Å². The fraction of sp³-hybridized carbons (Fsp3) is 0.357. The van der Waals surface area contributed by atoms with Gasteiger partial charge in [0, 0.05) is 32.3 Å². The molecule has 0 radical (unpaired) electrons. The Morgan fingerprint density at radius 3 is 2.21 bits per heavy atom. The zero-order valence-corrected chi connectivity index (χ0v) is 25.9. The summed E-state index contributed by atoms with van der Waals surface area (Å²) in [6, 6.07) is 6.96. The van der Waals surface area contributed by atoms with E-state index >= 15 is 0 Å². The minimum absolute atomic E-state index is 0.0762. The number of aromatic nitrogens is 2. The Morgan fingerprint density at radius 1 is 1.05 bits per heavy atom. The average molecular weight is 653 g/mol. The first-order chi connectivity index (χ1) is 20.0. The second-order valence-corrected chi connectivity index (χ2v) is 12.0. The van der Waals surface area contributed by atoms with Gasteiger partial charge in [0.15, 0.2) is 5.11 Å². The third kappa shape index (κ3) is 7.57. The maximum Gasteiger partial charge on any atom is 0.314 e. The van der Waals surface area contributed by atoms with Gasteiger partial charge in [-0.1, -0.05) is 46.9 Å². The van der Waals surface area contributed by atoms with Gasteiger partial charge in [-0.2, -0.15) is 0 Å². The summed E-state index contributed by atoms with van der Waals surface area (Å²) in [6.07, 6.45) is 9.57. The fourth-order valence-corrected chi connectivity index (χ4v) is 5.03. The number of hydrogen-bond acceptors (Lipinski definition) is 9. The molecule has 4 rings (SSSR count). The van der Waals surface area contributed by atoms with Gasteiger partial charge < -0.3 is 14.1 Å². The van der Waals surface area contributed by atoms with Crippen LogP contribution >= 0.6 is 47.0 Å². The first kappa shape index (κ1) is 31.7. The van der Waals surface area contributed by atoms with Gasteiger partial charge in [0.05, 0.1) is 5.92 Å². The summed E-state index contributed by atoms with van der Waals surface area (Å²) in [5.41, 5.74) is 0.884. The van der Waals surface area contributed by atoms with Crippen molar-refractivity contribution in [2.24, 2.45) is 5.92 Å². The Balaban J connectivity index is 1.27. The molecule has 2 aliphatic rings. The van der Waals surface area contributed by atoms with Gasteiger partial charge in [0.2, 0.25) is 5.89 Å². The maximum absolute atomic E-state index is 12.8. The third-order valence-electron chi connectivity index (χ3n) is 6.67. The van der Waals surface area contributed by atoms with Gasteiger partial charge in [-0.15, -0.1) is 10.2 Å². The Labute approximate surface area is 263 Å². The van der Waals surface area contributed by atoms with Crippen LogP contribution in [0.25, 0.3) is 12.2 Å². The van der Waals surface area contributed by atoms with Crippen molar-refractivity contribution < 1.29 is 23.5 Å². The van der Waals surface area contributed by atoms with Crippen LogP contribution in [0, 0.1) is 5.92 Å². The summed E-state index contributed by atoms with van der Waals surface area (Å²) in [5.74, 6) is -0.829. The Hall–Kier alpha value is -3.25. The third-order valence-corrected chi connectivity index (χ3v) is 7.59. The molecule has 0 atom stereocenters. The van der Waals surface area contributed by atoms with E-state index in [4.69, 9.17) is 56.2 Å². The summed E-state index contributed by atoms with van der Waals surface area (Å²) >= 11 is 22.5. The van der Waals surface area contributed by atoms with Crippen LogP contribution in [-0.2, 0) is 18.2 Å². The number of alkyl halides is 3. The van der Waals surface area contributed by atoms with Crippen LogP contribution in [0.3, 0.4) is 0 Å². The molecule has 2 aromatic rings. The molecule has 2 aliphatic heterocycles. The number of ether oxygens (including phenoxy) is 1. The van der Waals surface area contributed by atoms with Crippen LogP contribution in [0.5, 0.6) is 5.75 Å². The molecule has 0 aliphatic carbocycles. The van der Waals surface area contributed by atoms with Crippen molar-refractivity contribution in [3.05, 3.63) is 65.5 Å². The molecule has 222 valence electrons. The molecule has 2 amide bonds. The zero-order chi connectivity index (χ0) is 30.4. The number of amides is 2. The van der Waals surface area contributed by atoms with Gasteiger partial charge in [0.1, 0.15) is 11.3 Å². The zero-order valence-electron chi connectivity index (χ0n) is 22.8. The molecule has 0 spiro atoms. The van der Waals surface area contributed by atoms with E-state index in [1.54, 1.807) is 42.5 Å². The number of likely N-dealkylation sites (tertiary alicyclic amines) is 1. The average Bonchev–Trinajstić information content (AvgIpc) is 3.45. The maximum atomic E-state index is 12.8. The minimum atomic E-state index is -1.79. The van der Waals surface area contributed by atoms with Gasteiger partial charge in [-0.05, 0) is 81.0 Å². The van der Waals surface area contributed by atoms with Crippen molar-refractivity contribution in [1.82, 2.24) is 24.9 Å². The van der Waals surface area contributed by atoms with Crippen LogP contribution in [-0.4, -0.2) is 74.0 Å². The number of likely N-dealkylation sites (N-methyl/N-ethyl adjacent to an activating group) is 2. The van der Waals surface area contributed by atoms with E-state index in [1.807, 2.05) is 24.9 Å². The summed E-state index contributed by atoms with van der Waals surface area (Å²) in [5, 5.41) is 7.72. The number of thiocarbonyl (C=S) groups is 1. The lowest BCUT2D eigenvalue weighted by Gasteiger charge is -2.35. The van der Waals surface area contributed by atoms with E-state index < -0.39 is 15.6 Å². The summed E-state index contributed by atoms with van der Waals surface area (Å²) in [6.45, 7) is 5.66. The molecule has 3 heterocycles. The molecule has 1 aromatic carbocycles. The normalized spacial score (nSPS) is 17.2. The standard InChI is InChI=1S/C28H28Cl3N5O5S/c1-3-35-23(37)21(24(38)36(4-2)27(35)42)6-5-15-34-16-13-19(14-17-34)25(39)40-20-10-7-18(8-11-20)9-12-22-32-33-26(41-22)28(29,30)31/h5-12,15,19H,3-4,13-14,16-17H2,1-2H3. The van der Waals surface area contributed by atoms with E-state index in [0.29, 0.717) is 44.8 Å². The highest BCUT2D eigenvalue weighted by Gasteiger charge is 2.37. The van der Waals surface area contributed by atoms with E-state index in [-0.39, 0.29) is 34.4 Å². The predicted molar refractivity (Wildman–Crippen MR) is 163 cm³/mol. The topological polar surface area (TPSA) is 109 Å². The predicted octanol–water partition coefficient (Wildman–Crippen LogP) is 5.12. The highest BCUT2D eigenvalue weighted by atomic mass is 35.6. The van der Waals surface area contributed by atoms with Crippen molar-refractivity contribution in [1.29, 1.82) is 0 Å². The molecule has 2 saturated heterocycles. The Bertz CT molecular complexity index is 1400. The molecular formula is C28H28Cl3N5O5S. The summed E-state index contributed by atoms with van der Waals surface area (Å²) in [7, 11) is 0. The van der Waals surface area contributed by atoms with Gasteiger partial charge in [-0.3, -0.25) is 24.2 Å². The SMILES string of the molecule is CCN1C(=O)C(=CC=CN2CCC(C(=O)Oc3ccc(C=Cc4nnc(C(Cl)(Cl)Cl)o4)cc3)CC2)C(=O)N(CC)C1=S. The first-order valence-electron chi connectivity index (χ1n) is 13.2. The number of benzene rings is 1. The number of hydrogen-bond donors (Lipinski definition) is 0. The largest absolute Gasteiger partial charge is 0.426 e. The van der Waals surface area contributed by atoms with Gasteiger partial charge >= 0.3 is 5.97 Å². The number of esters is 1. The Morgan fingerprint density at radius 2 is 1.67 bits per heavy atom. The number of piperidine rings is 1. The molecule has 2 fully saturated rings.